The summed E-state index contributed by atoms with van der Waals surface area (Å²) in [6.07, 6.45) is 2.50. The van der Waals surface area contributed by atoms with Crippen LogP contribution in [0, 0.1) is 0 Å². The first-order valence-corrected chi connectivity index (χ1v) is 10.0. The number of aromatic amines is 1. The van der Waals surface area contributed by atoms with Crippen molar-refractivity contribution in [1.82, 2.24) is 14.9 Å². The SMILES string of the molecule is CN(Cc1nc2ccsc2c(=O)[nH]1)C(=O)c1ccc(N2CCCCC2=O)cc1. The summed E-state index contributed by atoms with van der Waals surface area (Å²) in [6, 6.07) is 8.87. The third-order valence-electron chi connectivity index (χ3n) is 4.85. The minimum atomic E-state index is -0.189. The highest BCUT2D eigenvalue weighted by Crippen LogP contribution is 2.22. The van der Waals surface area contributed by atoms with Gasteiger partial charge in [0.05, 0.1) is 12.1 Å². The number of fused-ring (bicyclic) bond motifs is 1. The number of H-pyrrole nitrogens is 1. The molecule has 0 radical (unpaired) electrons. The molecule has 144 valence electrons. The van der Waals surface area contributed by atoms with Crippen molar-refractivity contribution in [2.75, 3.05) is 18.5 Å². The van der Waals surface area contributed by atoms with Crippen LogP contribution in [0.25, 0.3) is 10.2 Å². The molecule has 0 unspecified atom stereocenters. The van der Waals surface area contributed by atoms with Crippen molar-refractivity contribution in [1.29, 1.82) is 0 Å². The number of benzene rings is 1. The van der Waals surface area contributed by atoms with Crippen LogP contribution in [-0.2, 0) is 11.3 Å². The number of carbonyl (C=O) groups is 2. The molecule has 1 fully saturated rings. The summed E-state index contributed by atoms with van der Waals surface area (Å²) in [5.74, 6) is 0.396. The maximum atomic E-state index is 12.7. The number of aromatic nitrogens is 2. The van der Waals surface area contributed by atoms with Gasteiger partial charge in [-0.1, -0.05) is 0 Å². The van der Waals surface area contributed by atoms with Gasteiger partial charge in [0.1, 0.15) is 10.5 Å². The summed E-state index contributed by atoms with van der Waals surface area (Å²) in [7, 11) is 1.67. The summed E-state index contributed by atoms with van der Waals surface area (Å²) in [4.78, 5) is 47.3. The molecule has 2 amide bonds. The second-order valence-corrected chi connectivity index (χ2v) is 7.77. The second kappa shape index (κ2) is 7.55. The van der Waals surface area contributed by atoms with E-state index >= 15 is 0 Å². The number of hydrogen-bond acceptors (Lipinski definition) is 5. The van der Waals surface area contributed by atoms with E-state index in [-0.39, 0.29) is 23.9 Å². The van der Waals surface area contributed by atoms with E-state index in [9.17, 15) is 14.4 Å². The van der Waals surface area contributed by atoms with Crippen LogP contribution in [0.2, 0.25) is 0 Å². The number of thiophene rings is 1. The highest BCUT2D eigenvalue weighted by Gasteiger charge is 2.20. The number of piperidine rings is 1. The molecular weight excluding hydrogens is 376 g/mol. The Morgan fingerprint density at radius 1 is 1.21 bits per heavy atom. The van der Waals surface area contributed by atoms with Crippen molar-refractivity contribution < 1.29 is 9.59 Å². The van der Waals surface area contributed by atoms with Crippen molar-refractivity contribution in [2.24, 2.45) is 0 Å². The number of amides is 2. The summed E-state index contributed by atoms with van der Waals surface area (Å²) < 4.78 is 0.584. The van der Waals surface area contributed by atoms with E-state index in [1.165, 1.54) is 16.2 Å². The van der Waals surface area contributed by atoms with Crippen LogP contribution in [0.3, 0.4) is 0 Å². The van der Waals surface area contributed by atoms with Crippen molar-refractivity contribution in [3.63, 3.8) is 0 Å². The topological polar surface area (TPSA) is 86.4 Å². The average molecular weight is 396 g/mol. The molecule has 4 rings (SSSR count). The molecule has 3 heterocycles. The van der Waals surface area contributed by atoms with E-state index in [2.05, 4.69) is 9.97 Å². The minimum absolute atomic E-state index is 0.126. The van der Waals surface area contributed by atoms with Crippen LogP contribution in [0.15, 0.2) is 40.5 Å². The van der Waals surface area contributed by atoms with E-state index in [1.54, 1.807) is 30.1 Å². The molecule has 0 saturated carbocycles. The van der Waals surface area contributed by atoms with E-state index in [0.29, 0.717) is 28.0 Å². The van der Waals surface area contributed by atoms with E-state index in [0.717, 1.165) is 25.1 Å². The number of rotatable bonds is 4. The summed E-state index contributed by atoms with van der Waals surface area (Å²) in [5, 5.41) is 1.82. The van der Waals surface area contributed by atoms with Gasteiger partial charge in [-0.15, -0.1) is 11.3 Å². The number of carbonyl (C=O) groups excluding carboxylic acids is 2. The van der Waals surface area contributed by atoms with Crippen LogP contribution in [0.4, 0.5) is 5.69 Å². The Bertz CT molecular complexity index is 1090. The zero-order valence-corrected chi connectivity index (χ0v) is 16.3. The van der Waals surface area contributed by atoms with Gasteiger partial charge in [0.15, 0.2) is 0 Å². The molecule has 3 aromatic rings. The molecule has 2 aromatic heterocycles. The minimum Gasteiger partial charge on any atom is -0.334 e. The molecule has 0 aliphatic carbocycles. The van der Waals surface area contributed by atoms with E-state index in [1.807, 2.05) is 17.5 Å². The van der Waals surface area contributed by atoms with Crippen LogP contribution in [-0.4, -0.2) is 40.3 Å². The molecule has 0 spiro atoms. The quantitative estimate of drug-likeness (QED) is 0.735. The lowest BCUT2D eigenvalue weighted by Gasteiger charge is -2.27. The molecule has 0 bridgehead atoms. The zero-order chi connectivity index (χ0) is 19.7. The highest BCUT2D eigenvalue weighted by molar-refractivity contribution is 7.17. The lowest BCUT2D eigenvalue weighted by Crippen LogP contribution is -2.35. The van der Waals surface area contributed by atoms with Crippen LogP contribution in [0.1, 0.15) is 35.4 Å². The molecule has 1 N–H and O–H groups in total. The Hall–Kier alpha value is -3.00. The fourth-order valence-electron chi connectivity index (χ4n) is 3.38. The van der Waals surface area contributed by atoms with Gasteiger partial charge >= 0.3 is 0 Å². The lowest BCUT2D eigenvalue weighted by molar-refractivity contribution is -0.119. The second-order valence-electron chi connectivity index (χ2n) is 6.86. The summed E-state index contributed by atoms with van der Waals surface area (Å²) in [5.41, 5.74) is 1.79. The third kappa shape index (κ3) is 3.55. The summed E-state index contributed by atoms with van der Waals surface area (Å²) >= 11 is 1.34. The maximum absolute atomic E-state index is 12.7. The van der Waals surface area contributed by atoms with Gasteiger partial charge in [0.25, 0.3) is 11.5 Å². The molecule has 28 heavy (non-hydrogen) atoms. The number of anilines is 1. The number of nitrogens with one attached hydrogen (secondary N) is 1. The molecule has 1 aliphatic heterocycles. The average Bonchev–Trinajstić information content (AvgIpc) is 3.17. The maximum Gasteiger partial charge on any atom is 0.268 e. The van der Waals surface area contributed by atoms with Gasteiger partial charge in [-0.05, 0) is 48.6 Å². The first-order valence-electron chi connectivity index (χ1n) is 9.15. The molecular formula is C20H20N4O3S. The molecule has 7 nitrogen and oxygen atoms in total. The molecule has 1 aromatic carbocycles. The Labute approximate surface area is 165 Å². The Balaban J connectivity index is 1.48. The largest absolute Gasteiger partial charge is 0.334 e. The monoisotopic (exact) mass is 396 g/mol. The first kappa shape index (κ1) is 18.4. The normalized spacial score (nSPS) is 14.5. The predicted molar refractivity (Wildman–Crippen MR) is 109 cm³/mol. The van der Waals surface area contributed by atoms with Crippen molar-refractivity contribution in [3.05, 3.63) is 57.5 Å². The Kier molecular flexibility index (Phi) is 4.95. The van der Waals surface area contributed by atoms with Gasteiger partial charge in [-0.3, -0.25) is 14.4 Å². The summed E-state index contributed by atoms with van der Waals surface area (Å²) in [6.45, 7) is 0.919. The Morgan fingerprint density at radius 3 is 2.75 bits per heavy atom. The molecule has 1 aliphatic rings. The molecule has 8 heteroatoms. The standard InChI is InChI=1S/C20H20N4O3S/c1-23(12-16-21-15-9-11-28-18(15)19(26)22-16)20(27)13-5-7-14(8-6-13)24-10-3-2-4-17(24)25/h5-9,11H,2-4,10,12H2,1H3,(H,21,22,26). The van der Waals surface area contributed by atoms with Gasteiger partial charge in [-0.25, -0.2) is 4.98 Å². The van der Waals surface area contributed by atoms with Crippen LogP contribution >= 0.6 is 11.3 Å². The van der Waals surface area contributed by atoms with E-state index in [4.69, 9.17) is 0 Å². The Morgan fingerprint density at radius 2 is 2.00 bits per heavy atom. The smallest absolute Gasteiger partial charge is 0.268 e. The molecule has 0 atom stereocenters. The fraction of sp³-hybridized carbons (Fsp3) is 0.300. The van der Waals surface area contributed by atoms with Gasteiger partial charge in [0.2, 0.25) is 5.91 Å². The fourth-order valence-corrected chi connectivity index (χ4v) is 4.10. The van der Waals surface area contributed by atoms with Crippen molar-refractivity contribution in [2.45, 2.75) is 25.8 Å². The van der Waals surface area contributed by atoms with Crippen molar-refractivity contribution in [3.8, 4) is 0 Å². The number of nitrogens with zero attached hydrogens (tertiary/aromatic N) is 3. The van der Waals surface area contributed by atoms with Crippen LogP contribution in [0.5, 0.6) is 0 Å². The van der Waals surface area contributed by atoms with Gasteiger partial charge in [0, 0.05) is 31.3 Å². The highest BCUT2D eigenvalue weighted by atomic mass is 32.1. The zero-order valence-electron chi connectivity index (χ0n) is 15.5. The number of hydrogen-bond donors (Lipinski definition) is 1. The van der Waals surface area contributed by atoms with Gasteiger partial charge < -0.3 is 14.8 Å². The van der Waals surface area contributed by atoms with Crippen LogP contribution < -0.4 is 10.5 Å². The van der Waals surface area contributed by atoms with E-state index < -0.39 is 0 Å². The molecule has 1 saturated heterocycles. The third-order valence-corrected chi connectivity index (χ3v) is 5.75. The van der Waals surface area contributed by atoms with Gasteiger partial charge in [-0.2, -0.15) is 0 Å². The first-order chi connectivity index (χ1) is 13.5. The van der Waals surface area contributed by atoms with Crippen molar-refractivity contribution >= 4 is 39.1 Å². The lowest BCUT2D eigenvalue weighted by atomic mass is 10.1. The predicted octanol–water partition coefficient (Wildman–Crippen LogP) is 2.77.